The number of halogens is 2. The lowest BCUT2D eigenvalue weighted by atomic mass is 10.2. The van der Waals surface area contributed by atoms with Crippen LogP contribution < -0.4 is 5.32 Å². The smallest absolute Gasteiger partial charge is 0.254 e. The Bertz CT molecular complexity index is 456. The fourth-order valence-corrected chi connectivity index (χ4v) is 2.39. The summed E-state index contributed by atoms with van der Waals surface area (Å²) in [6, 6.07) is 1.51. The second-order valence-corrected chi connectivity index (χ2v) is 4.96. The van der Waals surface area contributed by atoms with Crippen molar-refractivity contribution in [3.05, 3.63) is 21.9 Å². The van der Waals surface area contributed by atoms with Crippen LogP contribution in [-0.2, 0) is 4.74 Å². The van der Waals surface area contributed by atoms with Crippen molar-refractivity contribution < 1.29 is 9.53 Å². The van der Waals surface area contributed by atoms with Crippen LogP contribution in [0.3, 0.4) is 0 Å². The molecule has 5 nitrogen and oxygen atoms in total. The Kier molecular flexibility index (Phi) is 4.37. The van der Waals surface area contributed by atoms with Gasteiger partial charge in [0, 0.05) is 13.2 Å². The number of amides is 1. The molecule has 2 atom stereocenters. The maximum Gasteiger partial charge on any atom is 0.254 e. The molecule has 2 unspecified atom stereocenters. The van der Waals surface area contributed by atoms with E-state index < -0.39 is 0 Å². The van der Waals surface area contributed by atoms with Crippen molar-refractivity contribution in [3.8, 4) is 0 Å². The van der Waals surface area contributed by atoms with Gasteiger partial charge < -0.3 is 10.1 Å². The molecular formula is C11H13Cl2N3O2. The second-order valence-electron chi connectivity index (χ2n) is 4.21. The molecule has 98 valence electrons. The van der Waals surface area contributed by atoms with Gasteiger partial charge in [-0.1, -0.05) is 23.2 Å². The summed E-state index contributed by atoms with van der Waals surface area (Å²) >= 11 is 11.5. The first-order valence-corrected chi connectivity index (χ1v) is 6.38. The summed E-state index contributed by atoms with van der Waals surface area (Å²) in [4.78, 5) is 12.0. The molecule has 2 rings (SSSR count). The highest BCUT2D eigenvalue weighted by molar-refractivity contribution is 6.34. The minimum absolute atomic E-state index is 0.0539. The van der Waals surface area contributed by atoms with Crippen LogP contribution in [0.5, 0.6) is 0 Å². The van der Waals surface area contributed by atoms with Gasteiger partial charge in [-0.05, 0) is 25.3 Å². The zero-order valence-corrected chi connectivity index (χ0v) is 11.3. The number of carbonyl (C=O) groups excluding carboxylic acids is 1. The van der Waals surface area contributed by atoms with Gasteiger partial charge in [-0.15, -0.1) is 10.2 Å². The maximum absolute atomic E-state index is 12.0. The van der Waals surface area contributed by atoms with E-state index in [1.54, 1.807) is 7.11 Å². The molecule has 1 aliphatic carbocycles. The van der Waals surface area contributed by atoms with E-state index in [1.807, 2.05) is 0 Å². The van der Waals surface area contributed by atoms with Gasteiger partial charge in [0.15, 0.2) is 10.3 Å². The highest BCUT2D eigenvalue weighted by Crippen LogP contribution is 2.22. The van der Waals surface area contributed by atoms with Crippen LogP contribution in [0.15, 0.2) is 6.07 Å². The number of methoxy groups -OCH3 is 1. The molecule has 0 bridgehead atoms. The SMILES string of the molecule is COC1CCC(NC(=O)c2cc(Cl)nnc2Cl)C1. The van der Waals surface area contributed by atoms with Crippen molar-refractivity contribution in [2.24, 2.45) is 0 Å². The fraction of sp³-hybridized carbons (Fsp3) is 0.545. The van der Waals surface area contributed by atoms with Crippen molar-refractivity contribution in [3.63, 3.8) is 0 Å². The van der Waals surface area contributed by atoms with Crippen LogP contribution in [0.1, 0.15) is 29.6 Å². The molecule has 18 heavy (non-hydrogen) atoms. The Morgan fingerprint density at radius 3 is 2.89 bits per heavy atom. The molecule has 1 amide bonds. The minimum Gasteiger partial charge on any atom is -0.381 e. The Morgan fingerprint density at radius 1 is 1.44 bits per heavy atom. The molecule has 1 N–H and O–H groups in total. The first-order chi connectivity index (χ1) is 8.60. The number of carbonyl (C=O) groups is 1. The summed E-state index contributed by atoms with van der Waals surface area (Å²) in [5, 5.41) is 10.3. The number of ether oxygens (including phenoxy) is 1. The van der Waals surface area contributed by atoms with Gasteiger partial charge in [0.05, 0.1) is 11.7 Å². The van der Waals surface area contributed by atoms with Crippen LogP contribution in [0.2, 0.25) is 10.3 Å². The lowest BCUT2D eigenvalue weighted by Gasteiger charge is -2.13. The zero-order chi connectivity index (χ0) is 13.1. The number of nitrogens with zero attached hydrogens (tertiary/aromatic N) is 2. The quantitative estimate of drug-likeness (QED) is 0.925. The van der Waals surface area contributed by atoms with E-state index in [4.69, 9.17) is 27.9 Å². The van der Waals surface area contributed by atoms with Gasteiger partial charge in [0.25, 0.3) is 5.91 Å². The number of hydrogen-bond donors (Lipinski definition) is 1. The van der Waals surface area contributed by atoms with Crippen LogP contribution >= 0.6 is 23.2 Å². The Labute approximate surface area is 115 Å². The molecule has 1 aromatic heterocycles. The molecule has 0 aromatic carbocycles. The van der Waals surface area contributed by atoms with E-state index in [1.165, 1.54) is 6.07 Å². The van der Waals surface area contributed by atoms with E-state index in [0.29, 0.717) is 0 Å². The second kappa shape index (κ2) is 5.82. The first-order valence-electron chi connectivity index (χ1n) is 5.62. The molecule has 1 saturated carbocycles. The number of hydrogen-bond acceptors (Lipinski definition) is 4. The fourth-order valence-electron chi connectivity index (χ4n) is 2.06. The van der Waals surface area contributed by atoms with Crippen molar-refractivity contribution in [2.45, 2.75) is 31.4 Å². The Balaban J connectivity index is 2.02. The summed E-state index contributed by atoms with van der Waals surface area (Å²) in [6.07, 6.45) is 2.87. The average molecular weight is 290 g/mol. The van der Waals surface area contributed by atoms with Crippen molar-refractivity contribution in [1.82, 2.24) is 15.5 Å². The lowest BCUT2D eigenvalue weighted by molar-refractivity contribution is 0.0914. The average Bonchev–Trinajstić information content (AvgIpc) is 2.80. The Morgan fingerprint density at radius 2 is 2.22 bits per heavy atom. The van der Waals surface area contributed by atoms with Crippen LogP contribution in [0.25, 0.3) is 0 Å². The first kappa shape index (κ1) is 13.5. The molecule has 7 heteroatoms. The summed E-state index contributed by atoms with van der Waals surface area (Å²) in [7, 11) is 1.68. The molecule has 0 radical (unpaired) electrons. The highest BCUT2D eigenvalue weighted by atomic mass is 35.5. The third kappa shape index (κ3) is 3.10. The number of nitrogens with one attached hydrogen (secondary N) is 1. The summed E-state index contributed by atoms with van der Waals surface area (Å²) < 4.78 is 5.25. The topological polar surface area (TPSA) is 64.1 Å². The van der Waals surface area contributed by atoms with E-state index >= 15 is 0 Å². The monoisotopic (exact) mass is 289 g/mol. The standard InChI is InChI=1S/C11H13Cl2N3O2/c1-18-7-3-2-6(4-7)14-11(17)8-5-9(12)15-16-10(8)13/h5-7H,2-4H2,1H3,(H,14,17). The molecule has 0 spiro atoms. The van der Waals surface area contributed by atoms with Gasteiger partial charge in [-0.25, -0.2) is 0 Å². The van der Waals surface area contributed by atoms with Crippen molar-refractivity contribution in [2.75, 3.05) is 7.11 Å². The maximum atomic E-state index is 12.0. The predicted octanol–water partition coefficient (Wildman–Crippen LogP) is 2.08. The minimum atomic E-state index is -0.279. The van der Waals surface area contributed by atoms with E-state index in [9.17, 15) is 4.79 Å². The van der Waals surface area contributed by atoms with Gasteiger partial charge >= 0.3 is 0 Å². The van der Waals surface area contributed by atoms with Crippen molar-refractivity contribution >= 4 is 29.1 Å². The van der Waals surface area contributed by atoms with Crippen LogP contribution in [0, 0.1) is 0 Å². The predicted molar refractivity (Wildman–Crippen MR) is 68.0 cm³/mol. The molecule has 1 aromatic rings. The largest absolute Gasteiger partial charge is 0.381 e. The number of rotatable bonds is 3. The van der Waals surface area contributed by atoms with Crippen LogP contribution in [-0.4, -0.2) is 35.4 Å². The van der Waals surface area contributed by atoms with E-state index in [-0.39, 0.29) is 33.9 Å². The molecular weight excluding hydrogens is 277 g/mol. The van der Waals surface area contributed by atoms with Gasteiger partial charge in [0.2, 0.25) is 0 Å². The summed E-state index contributed by atoms with van der Waals surface area (Å²) in [5.41, 5.74) is 0.248. The third-order valence-corrected chi connectivity index (χ3v) is 3.48. The van der Waals surface area contributed by atoms with Crippen LogP contribution in [0.4, 0.5) is 0 Å². The normalized spacial score (nSPS) is 23.1. The molecule has 0 saturated heterocycles. The molecule has 0 aliphatic heterocycles. The zero-order valence-electron chi connectivity index (χ0n) is 9.82. The molecule has 1 heterocycles. The van der Waals surface area contributed by atoms with E-state index in [0.717, 1.165) is 19.3 Å². The Hall–Kier alpha value is -0.910. The lowest BCUT2D eigenvalue weighted by Crippen LogP contribution is -2.33. The van der Waals surface area contributed by atoms with Crippen molar-refractivity contribution in [1.29, 1.82) is 0 Å². The molecule has 1 aliphatic rings. The summed E-state index contributed by atoms with van der Waals surface area (Å²) in [6.45, 7) is 0. The van der Waals surface area contributed by atoms with E-state index in [2.05, 4.69) is 15.5 Å². The highest BCUT2D eigenvalue weighted by Gasteiger charge is 2.26. The third-order valence-electron chi connectivity index (χ3n) is 3.02. The number of aromatic nitrogens is 2. The molecule has 1 fully saturated rings. The van der Waals surface area contributed by atoms with Gasteiger partial charge in [-0.2, -0.15) is 0 Å². The van der Waals surface area contributed by atoms with Gasteiger partial charge in [0.1, 0.15) is 0 Å². The van der Waals surface area contributed by atoms with Gasteiger partial charge in [-0.3, -0.25) is 4.79 Å². The summed E-state index contributed by atoms with van der Waals surface area (Å²) in [5.74, 6) is -0.279.